The van der Waals surface area contributed by atoms with Gasteiger partial charge < -0.3 is 25.8 Å². The van der Waals surface area contributed by atoms with Gasteiger partial charge in [0.25, 0.3) is 5.91 Å². The van der Waals surface area contributed by atoms with Crippen LogP contribution in [0.4, 0.5) is 10.5 Å². The molecule has 0 unspecified atom stereocenters. The van der Waals surface area contributed by atoms with E-state index in [0.29, 0.717) is 44.1 Å². The number of carbonyl (C=O) groups excluding carboxylic acids is 2. The highest BCUT2D eigenvalue weighted by atomic mass is 16.2. The van der Waals surface area contributed by atoms with Crippen LogP contribution in [-0.2, 0) is 0 Å². The van der Waals surface area contributed by atoms with Crippen molar-refractivity contribution in [2.75, 3.05) is 38.5 Å². The second-order valence-electron chi connectivity index (χ2n) is 4.46. The number of nitrogen functional groups attached to an aromatic ring is 1. The number of hydrogen-bond acceptors (Lipinski definition) is 3. The summed E-state index contributed by atoms with van der Waals surface area (Å²) in [7, 11) is 0. The number of aromatic nitrogens is 1. The van der Waals surface area contributed by atoms with Gasteiger partial charge in [-0.15, -0.1) is 0 Å². The Labute approximate surface area is 111 Å². The zero-order valence-corrected chi connectivity index (χ0v) is 11.0. The molecule has 1 aromatic heterocycles. The summed E-state index contributed by atoms with van der Waals surface area (Å²) in [5.74, 6) is -0.0766. The van der Waals surface area contributed by atoms with E-state index in [0.717, 1.165) is 0 Å². The van der Waals surface area contributed by atoms with E-state index in [1.807, 2.05) is 6.92 Å². The zero-order valence-electron chi connectivity index (χ0n) is 11.0. The van der Waals surface area contributed by atoms with Crippen LogP contribution in [0, 0.1) is 0 Å². The van der Waals surface area contributed by atoms with Gasteiger partial charge in [0.1, 0.15) is 5.69 Å². The number of nitrogens with one attached hydrogen (secondary N) is 2. The molecule has 104 valence electrons. The highest BCUT2D eigenvalue weighted by Gasteiger charge is 2.25. The Kier molecular flexibility index (Phi) is 3.94. The molecule has 19 heavy (non-hydrogen) atoms. The molecule has 1 aliphatic heterocycles. The van der Waals surface area contributed by atoms with Gasteiger partial charge in [0.05, 0.1) is 0 Å². The summed E-state index contributed by atoms with van der Waals surface area (Å²) >= 11 is 0. The maximum atomic E-state index is 12.1. The van der Waals surface area contributed by atoms with Crippen molar-refractivity contribution in [3.05, 3.63) is 18.0 Å². The van der Waals surface area contributed by atoms with E-state index >= 15 is 0 Å². The van der Waals surface area contributed by atoms with Crippen molar-refractivity contribution in [1.82, 2.24) is 20.1 Å². The fourth-order valence-electron chi connectivity index (χ4n) is 2.08. The van der Waals surface area contributed by atoms with Gasteiger partial charge in [-0.05, 0) is 13.0 Å². The van der Waals surface area contributed by atoms with Crippen molar-refractivity contribution < 1.29 is 9.59 Å². The van der Waals surface area contributed by atoms with Gasteiger partial charge in [-0.3, -0.25) is 4.79 Å². The first-order chi connectivity index (χ1) is 9.11. The van der Waals surface area contributed by atoms with E-state index in [-0.39, 0.29) is 11.9 Å². The molecule has 0 aliphatic carbocycles. The largest absolute Gasteiger partial charge is 0.397 e. The van der Waals surface area contributed by atoms with Crippen LogP contribution in [0.2, 0.25) is 0 Å². The lowest BCUT2D eigenvalue weighted by Crippen LogP contribution is -2.53. The van der Waals surface area contributed by atoms with Gasteiger partial charge >= 0.3 is 6.03 Å². The van der Waals surface area contributed by atoms with Gasteiger partial charge in [-0.2, -0.15) is 0 Å². The second-order valence-corrected chi connectivity index (χ2v) is 4.46. The number of carbonyl (C=O) groups is 2. The number of nitrogens with two attached hydrogens (primary N) is 1. The fourth-order valence-corrected chi connectivity index (χ4v) is 2.08. The van der Waals surface area contributed by atoms with Gasteiger partial charge in [-0.25, -0.2) is 4.79 Å². The maximum Gasteiger partial charge on any atom is 0.317 e. The summed E-state index contributed by atoms with van der Waals surface area (Å²) in [6.45, 7) is 4.67. The number of urea groups is 1. The molecule has 0 saturated carbocycles. The number of amides is 3. The molecule has 7 heteroatoms. The third kappa shape index (κ3) is 2.98. The first-order valence-electron chi connectivity index (χ1n) is 6.37. The van der Waals surface area contributed by atoms with Crippen LogP contribution in [0.1, 0.15) is 17.4 Å². The summed E-state index contributed by atoms with van der Waals surface area (Å²) in [4.78, 5) is 30.1. The lowest BCUT2D eigenvalue weighted by Gasteiger charge is -2.34. The molecule has 0 bridgehead atoms. The molecule has 7 nitrogen and oxygen atoms in total. The van der Waals surface area contributed by atoms with Gasteiger partial charge in [0.2, 0.25) is 0 Å². The molecular formula is C12H19N5O2. The Morgan fingerprint density at radius 2 is 1.95 bits per heavy atom. The van der Waals surface area contributed by atoms with Crippen molar-refractivity contribution >= 4 is 17.6 Å². The predicted octanol–water partition coefficient (Wildman–Crippen LogP) is 0.0842. The molecule has 0 atom stereocenters. The second kappa shape index (κ2) is 5.64. The summed E-state index contributed by atoms with van der Waals surface area (Å²) in [5, 5.41) is 2.76. The molecular weight excluding hydrogens is 246 g/mol. The minimum absolute atomic E-state index is 0.0706. The maximum absolute atomic E-state index is 12.1. The van der Waals surface area contributed by atoms with E-state index in [1.165, 1.54) is 0 Å². The lowest BCUT2D eigenvalue weighted by atomic mass is 10.3. The normalized spacial score (nSPS) is 15.4. The van der Waals surface area contributed by atoms with E-state index in [9.17, 15) is 9.59 Å². The number of H-pyrrole nitrogens is 1. The minimum atomic E-state index is -0.0766. The highest BCUT2D eigenvalue weighted by Crippen LogP contribution is 2.10. The summed E-state index contributed by atoms with van der Waals surface area (Å²) in [6.07, 6.45) is 1.60. The number of aromatic amines is 1. The van der Waals surface area contributed by atoms with Gasteiger partial charge in [0, 0.05) is 44.6 Å². The number of anilines is 1. The standard InChI is InChI=1S/C12H19N5O2/c1-2-14-12(19)17-5-3-16(4-6-17)11(18)10-7-9(13)8-15-10/h7-8,15H,2-6,13H2,1H3,(H,14,19). The molecule has 1 fully saturated rings. The Balaban J connectivity index is 1.89. The molecule has 2 rings (SSSR count). The van der Waals surface area contributed by atoms with Crippen molar-refractivity contribution in [2.24, 2.45) is 0 Å². The fraction of sp³-hybridized carbons (Fsp3) is 0.500. The van der Waals surface area contributed by atoms with E-state index in [1.54, 1.807) is 22.1 Å². The van der Waals surface area contributed by atoms with Crippen LogP contribution < -0.4 is 11.1 Å². The first kappa shape index (κ1) is 13.3. The third-order valence-electron chi connectivity index (χ3n) is 3.12. The topological polar surface area (TPSA) is 94.5 Å². The molecule has 1 aromatic rings. The SMILES string of the molecule is CCNC(=O)N1CCN(C(=O)c2cc(N)c[nH]2)CC1. The molecule has 4 N–H and O–H groups in total. The Bertz CT molecular complexity index is 462. The number of rotatable bonds is 2. The van der Waals surface area contributed by atoms with Crippen molar-refractivity contribution in [2.45, 2.75) is 6.92 Å². The number of piperazine rings is 1. The Morgan fingerprint density at radius 3 is 2.47 bits per heavy atom. The third-order valence-corrected chi connectivity index (χ3v) is 3.12. The summed E-state index contributed by atoms with van der Waals surface area (Å²) < 4.78 is 0. The zero-order chi connectivity index (χ0) is 13.8. The minimum Gasteiger partial charge on any atom is -0.397 e. The smallest absolute Gasteiger partial charge is 0.317 e. The van der Waals surface area contributed by atoms with E-state index in [2.05, 4.69) is 10.3 Å². The number of nitrogens with zero attached hydrogens (tertiary/aromatic N) is 2. The molecule has 2 heterocycles. The van der Waals surface area contributed by atoms with Crippen LogP contribution in [0.5, 0.6) is 0 Å². The summed E-state index contributed by atoms with van der Waals surface area (Å²) in [5.41, 5.74) is 6.61. The molecule has 1 saturated heterocycles. The van der Waals surface area contributed by atoms with Crippen LogP contribution in [0.3, 0.4) is 0 Å². The summed E-state index contributed by atoms with van der Waals surface area (Å²) in [6, 6.07) is 1.55. The van der Waals surface area contributed by atoms with Crippen LogP contribution in [0.15, 0.2) is 12.3 Å². The lowest BCUT2D eigenvalue weighted by molar-refractivity contribution is 0.0660. The molecule has 0 radical (unpaired) electrons. The van der Waals surface area contributed by atoms with E-state index < -0.39 is 0 Å². The molecule has 0 aromatic carbocycles. The first-order valence-corrected chi connectivity index (χ1v) is 6.37. The average Bonchev–Trinajstić information content (AvgIpc) is 2.85. The predicted molar refractivity (Wildman–Crippen MR) is 71.8 cm³/mol. The van der Waals surface area contributed by atoms with E-state index in [4.69, 9.17) is 5.73 Å². The monoisotopic (exact) mass is 265 g/mol. The van der Waals surface area contributed by atoms with Crippen molar-refractivity contribution in [3.63, 3.8) is 0 Å². The Hall–Kier alpha value is -2.18. The molecule has 0 spiro atoms. The number of hydrogen-bond donors (Lipinski definition) is 3. The molecule has 3 amide bonds. The quantitative estimate of drug-likeness (QED) is 0.707. The van der Waals surface area contributed by atoms with Crippen LogP contribution in [-0.4, -0.2) is 59.4 Å². The van der Waals surface area contributed by atoms with Gasteiger partial charge in [0.15, 0.2) is 0 Å². The molecule has 1 aliphatic rings. The average molecular weight is 265 g/mol. The van der Waals surface area contributed by atoms with Crippen LogP contribution in [0.25, 0.3) is 0 Å². The Morgan fingerprint density at radius 1 is 1.32 bits per heavy atom. The van der Waals surface area contributed by atoms with Crippen molar-refractivity contribution in [1.29, 1.82) is 0 Å². The highest BCUT2D eigenvalue weighted by molar-refractivity contribution is 5.93. The van der Waals surface area contributed by atoms with Crippen LogP contribution >= 0.6 is 0 Å². The van der Waals surface area contributed by atoms with Gasteiger partial charge in [-0.1, -0.05) is 0 Å². The van der Waals surface area contributed by atoms with Crippen molar-refractivity contribution in [3.8, 4) is 0 Å².